The van der Waals surface area contributed by atoms with E-state index >= 15 is 0 Å². The Hall–Kier alpha value is -3.07. The Morgan fingerprint density at radius 2 is 1.87 bits per heavy atom. The summed E-state index contributed by atoms with van der Waals surface area (Å²) in [5, 5.41) is 14.4. The number of thiazole rings is 1. The van der Waals surface area contributed by atoms with E-state index in [2.05, 4.69) is 31.1 Å². The second-order valence-electron chi connectivity index (χ2n) is 10.0. The monoisotopic (exact) mass is 576 g/mol. The van der Waals surface area contributed by atoms with Crippen LogP contribution in [0.4, 0.5) is 5.13 Å². The van der Waals surface area contributed by atoms with Crippen LogP contribution in [-0.2, 0) is 4.79 Å². The number of aliphatic carboxylic acids is 1. The lowest BCUT2D eigenvalue weighted by Gasteiger charge is -2.25. The van der Waals surface area contributed by atoms with Gasteiger partial charge in [0.25, 0.3) is 5.91 Å². The molecule has 0 aliphatic rings. The zero-order valence-electron chi connectivity index (χ0n) is 22.0. The number of rotatable bonds is 9. The highest BCUT2D eigenvalue weighted by Crippen LogP contribution is 2.40. The normalized spacial score (nSPS) is 12.7. The predicted octanol–water partition coefficient (Wildman–Crippen LogP) is 8.07. The van der Waals surface area contributed by atoms with Crippen LogP contribution in [0.15, 0.2) is 41.3 Å². The summed E-state index contributed by atoms with van der Waals surface area (Å²) in [5.41, 5.74) is 2.08. The number of halogens is 2. The molecule has 3 rings (SSSR count). The van der Waals surface area contributed by atoms with Crippen LogP contribution in [0.25, 0.3) is 17.3 Å². The number of hydrogen-bond acceptors (Lipinski definition) is 6. The first kappa shape index (κ1) is 29.5. The number of benzene rings is 2. The molecule has 0 aliphatic carbocycles. The van der Waals surface area contributed by atoms with E-state index < -0.39 is 11.9 Å². The number of anilines is 1. The summed E-state index contributed by atoms with van der Waals surface area (Å²) < 4.78 is 11.9. The van der Waals surface area contributed by atoms with Crippen molar-refractivity contribution in [1.29, 1.82) is 0 Å². The summed E-state index contributed by atoms with van der Waals surface area (Å²) in [6.07, 6.45) is 2.22. The van der Waals surface area contributed by atoms with E-state index in [1.165, 1.54) is 36.5 Å². The third kappa shape index (κ3) is 7.49. The van der Waals surface area contributed by atoms with Gasteiger partial charge in [-0.05, 0) is 56.0 Å². The Morgan fingerprint density at radius 3 is 2.45 bits per heavy atom. The number of aromatic nitrogens is 1. The highest BCUT2D eigenvalue weighted by molar-refractivity contribution is 7.14. The number of carbonyl (C=O) groups is 2. The van der Waals surface area contributed by atoms with Gasteiger partial charge in [-0.15, -0.1) is 11.3 Å². The minimum Gasteiger partial charge on any atom is -0.492 e. The highest BCUT2D eigenvalue weighted by atomic mass is 35.5. The molecule has 7 nitrogen and oxygen atoms in total. The average molecular weight is 578 g/mol. The zero-order valence-corrected chi connectivity index (χ0v) is 24.3. The first-order chi connectivity index (χ1) is 17.8. The molecule has 3 aromatic rings. The zero-order chi connectivity index (χ0) is 28.2. The molecule has 1 atom stereocenters. The van der Waals surface area contributed by atoms with Crippen molar-refractivity contribution in [3.05, 3.63) is 62.5 Å². The van der Waals surface area contributed by atoms with Crippen molar-refractivity contribution in [2.45, 2.75) is 47.1 Å². The van der Waals surface area contributed by atoms with Crippen molar-refractivity contribution in [1.82, 2.24) is 4.98 Å². The van der Waals surface area contributed by atoms with Crippen molar-refractivity contribution in [3.63, 3.8) is 0 Å². The fourth-order valence-corrected chi connectivity index (χ4v) is 5.20. The van der Waals surface area contributed by atoms with E-state index in [-0.39, 0.29) is 32.7 Å². The summed E-state index contributed by atoms with van der Waals surface area (Å²) in [5.74, 6) is -0.362. The first-order valence-electron chi connectivity index (χ1n) is 11.8. The van der Waals surface area contributed by atoms with Gasteiger partial charge in [-0.3, -0.25) is 10.1 Å². The molecule has 0 unspecified atom stereocenters. The molecular formula is C28H30Cl2N2O5S. The molecule has 2 aromatic carbocycles. The van der Waals surface area contributed by atoms with Gasteiger partial charge >= 0.3 is 5.97 Å². The van der Waals surface area contributed by atoms with Crippen LogP contribution in [0.5, 0.6) is 11.5 Å². The second kappa shape index (κ2) is 12.2. The molecule has 1 heterocycles. The number of carboxylic acid groups (broad SMARTS) is 1. The summed E-state index contributed by atoms with van der Waals surface area (Å²) >= 11 is 13.8. The smallest absolute Gasteiger partial charge is 0.331 e. The van der Waals surface area contributed by atoms with Crippen molar-refractivity contribution in [2.24, 2.45) is 5.41 Å². The third-order valence-electron chi connectivity index (χ3n) is 5.45. The van der Waals surface area contributed by atoms with Crippen LogP contribution in [0, 0.1) is 5.41 Å². The molecule has 0 saturated heterocycles. The topological polar surface area (TPSA) is 97.8 Å². The molecule has 0 spiro atoms. The van der Waals surface area contributed by atoms with Gasteiger partial charge in [0.2, 0.25) is 0 Å². The molecule has 0 aliphatic heterocycles. The van der Waals surface area contributed by atoms with Crippen LogP contribution in [-0.4, -0.2) is 35.2 Å². The Bertz CT molecular complexity index is 1350. The van der Waals surface area contributed by atoms with Crippen LogP contribution in [0.3, 0.4) is 0 Å². The van der Waals surface area contributed by atoms with Gasteiger partial charge in [-0.2, -0.15) is 0 Å². The average Bonchev–Trinajstić information content (AvgIpc) is 3.27. The van der Waals surface area contributed by atoms with E-state index in [1.54, 1.807) is 7.11 Å². The van der Waals surface area contributed by atoms with E-state index in [0.717, 1.165) is 12.0 Å². The second-order valence-corrected chi connectivity index (χ2v) is 11.7. The summed E-state index contributed by atoms with van der Waals surface area (Å²) in [7, 11) is 1.58. The molecule has 0 bridgehead atoms. The van der Waals surface area contributed by atoms with Crippen LogP contribution in [0.2, 0.25) is 10.0 Å². The molecule has 2 N–H and O–H groups in total. The summed E-state index contributed by atoms with van der Waals surface area (Å²) in [6, 6.07) is 8.48. The molecular weight excluding hydrogens is 547 g/mol. The third-order valence-corrected chi connectivity index (χ3v) is 6.83. The van der Waals surface area contributed by atoms with Crippen molar-refractivity contribution in [3.8, 4) is 22.8 Å². The van der Waals surface area contributed by atoms with Gasteiger partial charge in [0.15, 0.2) is 16.6 Å². The molecule has 38 heavy (non-hydrogen) atoms. The number of hydrogen-bond donors (Lipinski definition) is 2. The standard InChI is InChI=1S/C28H30Cl2N2O5S/c1-15(26(34)35)10-19-20(29)11-17(12-21(19)30)25(33)32-27-31-22(14-38-27)18-8-7-9-23(24(18)36-6)37-16(2)13-28(3,4)5/h7-12,14,16H,13H2,1-6H3,(H,34,35)(H,31,32,33)/t16-/m1/s1. The number of methoxy groups -OCH3 is 1. The fourth-order valence-electron chi connectivity index (χ4n) is 3.90. The van der Waals surface area contributed by atoms with Gasteiger partial charge in [0, 0.05) is 27.6 Å². The van der Waals surface area contributed by atoms with Gasteiger partial charge in [0.1, 0.15) is 0 Å². The number of nitrogens with one attached hydrogen (secondary N) is 1. The number of para-hydroxylation sites is 1. The number of amides is 1. The molecule has 0 fully saturated rings. The Labute approximate surface area is 236 Å². The number of carbonyl (C=O) groups excluding carboxylic acids is 1. The minimum atomic E-state index is -1.09. The Morgan fingerprint density at radius 1 is 1.21 bits per heavy atom. The molecule has 202 valence electrons. The summed E-state index contributed by atoms with van der Waals surface area (Å²) in [4.78, 5) is 28.6. The fraction of sp³-hybridized carbons (Fsp3) is 0.321. The molecule has 10 heteroatoms. The number of carboxylic acids is 1. The van der Waals surface area contributed by atoms with Crippen LogP contribution < -0.4 is 14.8 Å². The maximum atomic E-state index is 12.9. The van der Waals surface area contributed by atoms with Gasteiger partial charge in [0.05, 0.1) is 29.0 Å². The Kier molecular flexibility index (Phi) is 9.46. The quantitative estimate of drug-likeness (QED) is 0.250. The minimum absolute atomic E-state index is 0.0157. The van der Waals surface area contributed by atoms with Crippen molar-refractivity contribution >= 4 is 57.6 Å². The predicted molar refractivity (Wildman–Crippen MR) is 154 cm³/mol. The highest BCUT2D eigenvalue weighted by Gasteiger charge is 2.21. The SMILES string of the molecule is COc1c(O[C@H](C)CC(C)(C)C)cccc1-c1csc(NC(=O)c2cc(Cl)c(C=C(C)C(=O)O)c(Cl)c2)n1. The lowest BCUT2D eigenvalue weighted by atomic mass is 9.90. The Balaban J connectivity index is 1.82. The molecule has 0 radical (unpaired) electrons. The van der Waals surface area contributed by atoms with Crippen molar-refractivity contribution < 1.29 is 24.2 Å². The molecule has 0 saturated carbocycles. The number of nitrogens with zero attached hydrogens (tertiary/aromatic N) is 1. The maximum absolute atomic E-state index is 12.9. The largest absolute Gasteiger partial charge is 0.492 e. The lowest BCUT2D eigenvalue weighted by molar-refractivity contribution is -0.132. The van der Waals surface area contributed by atoms with E-state index in [1.807, 2.05) is 30.5 Å². The maximum Gasteiger partial charge on any atom is 0.331 e. The van der Waals surface area contributed by atoms with Gasteiger partial charge in [-0.1, -0.05) is 50.0 Å². The molecule has 1 amide bonds. The lowest BCUT2D eigenvalue weighted by Crippen LogP contribution is -2.20. The summed E-state index contributed by atoms with van der Waals surface area (Å²) in [6.45, 7) is 9.96. The van der Waals surface area contributed by atoms with E-state index in [9.17, 15) is 9.59 Å². The van der Waals surface area contributed by atoms with Gasteiger partial charge < -0.3 is 14.6 Å². The van der Waals surface area contributed by atoms with Crippen LogP contribution >= 0.6 is 34.5 Å². The van der Waals surface area contributed by atoms with Crippen molar-refractivity contribution in [2.75, 3.05) is 12.4 Å². The van der Waals surface area contributed by atoms with Crippen LogP contribution in [0.1, 0.15) is 57.0 Å². The van der Waals surface area contributed by atoms with Gasteiger partial charge in [-0.25, -0.2) is 9.78 Å². The van der Waals surface area contributed by atoms with E-state index in [0.29, 0.717) is 27.9 Å². The van der Waals surface area contributed by atoms with E-state index in [4.69, 9.17) is 37.8 Å². The molecule has 1 aromatic heterocycles. The number of ether oxygens (including phenoxy) is 2. The first-order valence-corrected chi connectivity index (χ1v) is 13.4.